The summed E-state index contributed by atoms with van der Waals surface area (Å²) in [6, 6.07) is 7.52. The van der Waals surface area contributed by atoms with Crippen molar-refractivity contribution < 1.29 is 9.59 Å². The normalized spacial score (nSPS) is 11.8. The first-order chi connectivity index (χ1) is 10.6. The van der Waals surface area contributed by atoms with Crippen molar-refractivity contribution in [3.63, 3.8) is 0 Å². The number of hydrogen-bond donors (Lipinski definition) is 3. The zero-order valence-electron chi connectivity index (χ0n) is 13.7. The van der Waals surface area contributed by atoms with Crippen LogP contribution < -0.4 is 16.0 Å². The molecule has 0 aliphatic carbocycles. The van der Waals surface area contributed by atoms with Crippen LogP contribution in [0.4, 0.5) is 0 Å². The molecule has 1 aromatic carbocycles. The summed E-state index contributed by atoms with van der Waals surface area (Å²) in [5.41, 5.74) is 1.56. The standard InChI is InChI=1S/C17H27N3O2/c1-4-13(2)20-17(22)15-8-5-7-14(11-15)12-19-16(21)9-6-10-18-3/h5,7-8,11,13,18H,4,6,9-10,12H2,1-3H3,(H,19,21)(H,20,22). The summed E-state index contributed by atoms with van der Waals surface area (Å²) in [6.07, 6.45) is 2.23. The average molecular weight is 305 g/mol. The Morgan fingerprint density at radius 3 is 2.73 bits per heavy atom. The van der Waals surface area contributed by atoms with Crippen molar-refractivity contribution in [3.8, 4) is 0 Å². The van der Waals surface area contributed by atoms with E-state index in [9.17, 15) is 9.59 Å². The minimum Gasteiger partial charge on any atom is -0.352 e. The summed E-state index contributed by atoms with van der Waals surface area (Å²) in [5, 5.41) is 8.83. The summed E-state index contributed by atoms with van der Waals surface area (Å²) in [4.78, 5) is 23.7. The van der Waals surface area contributed by atoms with Crippen LogP contribution in [0.2, 0.25) is 0 Å². The molecule has 0 fully saturated rings. The van der Waals surface area contributed by atoms with Crippen LogP contribution in [0.3, 0.4) is 0 Å². The average Bonchev–Trinajstić information content (AvgIpc) is 2.53. The molecule has 0 aliphatic heterocycles. The molecule has 122 valence electrons. The topological polar surface area (TPSA) is 70.2 Å². The highest BCUT2D eigenvalue weighted by Gasteiger charge is 2.09. The van der Waals surface area contributed by atoms with E-state index in [1.807, 2.05) is 39.1 Å². The molecule has 5 nitrogen and oxygen atoms in total. The molecule has 5 heteroatoms. The molecular formula is C17H27N3O2. The van der Waals surface area contributed by atoms with Gasteiger partial charge in [-0.05, 0) is 51.1 Å². The molecular weight excluding hydrogens is 278 g/mol. The summed E-state index contributed by atoms with van der Waals surface area (Å²) in [7, 11) is 1.87. The summed E-state index contributed by atoms with van der Waals surface area (Å²) < 4.78 is 0. The molecule has 0 saturated carbocycles. The Balaban J connectivity index is 2.50. The molecule has 1 rings (SSSR count). The zero-order valence-corrected chi connectivity index (χ0v) is 13.7. The molecule has 1 aromatic rings. The van der Waals surface area contributed by atoms with Crippen LogP contribution in [-0.2, 0) is 11.3 Å². The third-order valence-electron chi connectivity index (χ3n) is 3.50. The highest BCUT2D eigenvalue weighted by atomic mass is 16.2. The van der Waals surface area contributed by atoms with Crippen LogP contribution in [0.25, 0.3) is 0 Å². The summed E-state index contributed by atoms with van der Waals surface area (Å²) >= 11 is 0. The van der Waals surface area contributed by atoms with Crippen LogP contribution in [0.5, 0.6) is 0 Å². The van der Waals surface area contributed by atoms with E-state index in [1.54, 1.807) is 6.07 Å². The van der Waals surface area contributed by atoms with Gasteiger partial charge in [0.15, 0.2) is 0 Å². The van der Waals surface area contributed by atoms with Crippen molar-refractivity contribution in [2.24, 2.45) is 0 Å². The van der Waals surface area contributed by atoms with E-state index in [0.717, 1.165) is 24.9 Å². The lowest BCUT2D eigenvalue weighted by Gasteiger charge is -2.12. The second-order valence-electron chi connectivity index (χ2n) is 5.47. The van der Waals surface area contributed by atoms with Gasteiger partial charge in [0, 0.05) is 24.6 Å². The molecule has 0 heterocycles. The van der Waals surface area contributed by atoms with Crippen molar-refractivity contribution in [1.29, 1.82) is 0 Å². The van der Waals surface area contributed by atoms with Crippen LogP contribution in [0, 0.1) is 0 Å². The molecule has 2 amide bonds. The first kappa shape index (κ1) is 18.2. The maximum absolute atomic E-state index is 12.1. The quantitative estimate of drug-likeness (QED) is 0.610. The Kier molecular flexibility index (Phi) is 8.22. The monoisotopic (exact) mass is 305 g/mol. The van der Waals surface area contributed by atoms with E-state index < -0.39 is 0 Å². The van der Waals surface area contributed by atoms with Gasteiger partial charge < -0.3 is 16.0 Å². The Morgan fingerprint density at radius 2 is 2.05 bits per heavy atom. The summed E-state index contributed by atoms with van der Waals surface area (Å²) in [6.45, 7) is 5.29. The molecule has 0 aromatic heterocycles. The number of carbonyl (C=O) groups is 2. The van der Waals surface area contributed by atoms with Gasteiger partial charge in [0.2, 0.25) is 5.91 Å². The molecule has 1 atom stereocenters. The second-order valence-corrected chi connectivity index (χ2v) is 5.47. The van der Waals surface area contributed by atoms with Gasteiger partial charge in [-0.1, -0.05) is 19.1 Å². The molecule has 0 spiro atoms. The first-order valence-corrected chi connectivity index (χ1v) is 7.88. The molecule has 0 aliphatic rings. The maximum Gasteiger partial charge on any atom is 0.251 e. The van der Waals surface area contributed by atoms with Crippen LogP contribution in [0.15, 0.2) is 24.3 Å². The minimum atomic E-state index is -0.0726. The fourth-order valence-corrected chi connectivity index (χ4v) is 1.95. The highest BCUT2D eigenvalue weighted by molar-refractivity contribution is 5.94. The fraction of sp³-hybridized carbons (Fsp3) is 0.529. The molecule has 0 saturated heterocycles. The Morgan fingerprint density at radius 1 is 1.27 bits per heavy atom. The van der Waals surface area contributed by atoms with E-state index in [0.29, 0.717) is 18.5 Å². The van der Waals surface area contributed by atoms with Gasteiger partial charge in [-0.25, -0.2) is 0 Å². The fourth-order valence-electron chi connectivity index (χ4n) is 1.95. The number of hydrogen-bond acceptors (Lipinski definition) is 3. The third kappa shape index (κ3) is 6.72. The number of nitrogens with one attached hydrogen (secondary N) is 3. The van der Waals surface area contributed by atoms with Crippen molar-refractivity contribution >= 4 is 11.8 Å². The molecule has 0 radical (unpaired) electrons. The van der Waals surface area contributed by atoms with Crippen molar-refractivity contribution in [2.75, 3.05) is 13.6 Å². The SMILES string of the molecule is CCC(C)NC(=O)c1cccc(CNC(=O)CCCNC)c1. The Labute approximate surface area is 132 Å². The lowest BCUT2D eigenvalue weighted by Crippen LogP contribution is -2.32. The van der Waals surface area contributed by atoms with E-state index in [2.05, 4.69) is 16.0 Å². The third-order valence-corrected chi connectivity index (χ3v) is 3.50. The smallest absolute Gasteiger partial charge is 0.251 e. The molecule has 1 unspecified atom stereocenters. The zero-order chi connectivity index (χ0) is 16.4. The van der Waals surface area contributed by atoms with Crippen LogP contribution >= 0.6 is 0 Å². The number of amides is 2. The van der Waals surface area contributed by atoms with E-state index >= 15 is 0 Å². The van der Waals surface area contributed by atoms with Crippen molar-refractivity contribution in [3.05, 3.63) is 35.4 Å². The first-order valence-electron chi connectivity index (χ1n) is 7.88. The Bertz CT molecular complexity index is 489. The van der Waals surface area contributed by atoms with E-state index in [4.69, 9.17) is 0 Å². The van der Waals surface area contributed by atoms with Gasteiger partial charge in [-0.15, -0.1) is 0 Å². The van der Waals surface area contributed by atoms with Gasteiger partial charge in [-0.2, -0.15) is 0 Å². The molecule has 0 bridgehead atoms. The summed E-state index contributed by atoms with van der Waals surface area (Å²) in [5.74, 6) is -0.0405. The number of benzene rings is 1. The van der Waals surface area contributed by atoms with Crippen LogP contribution in [0.1, 0.15) is 49.0 Å². The van der Waals surface area contributed by atoms with Crippen molar-refractivity contribution in [2.45, 2.75) is 45.7 Å². The van der Waals surface area contributed by atoms with Gasteiger partial charge in [-0.3, -0.25) is 9.59 Å². The largest absolute Gasteiger partial charge is 0.352 e. The van der Waals surface area contributed by atoms with E-state index in [1.165, 1.54) is 0 Å². The van der Waals surface area contributed by atoms with Gasteiger partial charge in [0.1, 0.15) is 0 Å². The van der Waals surface area contributed by atoms with Gasteiger partial charge in [0.05, 0.1) is 0 Å². The lowest BCUT2D eigenvalue weighted by atomic mass is 10.1. The number of carbonyl (C=O) groups excluding carboxylic acids is 2. The number of rotatable bonds is 9. The van der Waals surface area contributed by atoms with E-state index in [-0.39, 0.29) is 17.9 Å². The van der Waals surface area contributed by atoms with Gasteiger partial charge in [0.25, 0.3) is 5.91 Å². The lowest BCUT2D eigenvalue weighted by molar-refractivity contribution is -0.121. The minimum absolute atomic E-state index is 0.0321. The maximum atomic E-state index is 12.1. The van der Waals surface area contributed by atoms with Crippen molar-refractivity contribution in [1.82, 2.24) is 16.0 Å². The molecule has 3 N–H and O–H groups in total. The molecule has 22 heavy (non-hydrogen) atoms. The van der Waals surface area contributed by atoms with Crippen LogP contribution in [-0.4, -0.2) is 31.4 Å². The Hall–Kier alpha value is -1.88. The predicted molar refractivity (Wildman–Crippen MR) is 88.7 cm³/mol. The van der Waals surface area contributed by atoms with Gasteiger partial charge >= 0.3 is 0 Å². The highest BCUT2D eigenvalue weighted by Crippen LogP contribution is 2.06. The predicted octanol–water partition coefficient (Wildman–Crippen LogP) is 1.83. The second kappa shape index (κ2) is 9.95.